The van der Waals surface area contributed by atoms with Crippen LogP contribution in [0.25, 0.3) is 0 Å². The molecule has 0 bridgehead atoms. The Morgan fingerprint density at radius 3 is 2.35 bits per heavy atom. The third-order valence-electron chi connectivity index (χ3n) is 3.89. The summed E-state index contributed by atoms with van der Waals surface area (Å²) in [5.74, 6) is -0.202. The highest BCUT2D eigenvalue weighted by molar-refractivity contribution is 5.94. The number of nitrogens with zero attached hydrogens (tertiary/aromatic N) is 1. The number of nitriles is 1. The lowest BCUT2D eigenvalue weighted by Gasteiger charge is -2.26. The topological polar surface area (TPSA) is 73.1 Å². The molecular formula is C16H20N2O2. The Morgan fingerprint density at radius 2 is 1.80 bits per heavy atom. The standard InChI is InChI=1S/C16H20N2O2/c17-11-13-5-7-14(8-6-13)15(19)18-12-16(20)9-3-1-2-4-10-16/h5-8,20H,1-4,9-10,12H2,(H,18,19). The van der Waals surface area contributed by atoms with Gasteiger partial charge in [-0.2, -0.15) is 5.26 Å². The Hall–Kier alpha value is -1.86. The fourth-order valence-electron chi connectivity index (χ4n) is 2.61. The monoisotopic (exact) mass is 272 g/mol. The van der Waals surface area contributed by atoms with Crippen molar-refractivity contribution >= 4 is 5.91 Å². The van der Waals surface area contributed by atoms with Crippen LogP contribution in [0.5, 0.6) is 0 Å². The molecule has 0 atom stereocenters. The van der Waals surface area contributed by atoms with Gasteiger partial charge in [0.2, 0.25) is 0 Å². The summed E-state index contributed by atoms with van der Waals surface area (Å²) in [6.07, 6.45) is 5.85. The number of nitrogens with one attached hydrogen (secondary N) is 1. The Labute approximate surface area is 119 Å². The minimum Gasteiger partial charge on any atom is -0.388 e. The van der Waals surface area contributed by atoms with Crippen molar-refractivity contribution in [3.63, 3.8) is 0 Å². The number of carbonyl (C=O) groups is 1. The number of carbonyl (C=O) groups excluding carboxylic acids is 1. The van der Waals surface area contributed by atoms with Crippen molar-refractivity contribution in [2.45, 2.75) is 44.1 Å². The number of benzene rings is 1. The summed E-state index contributed by atoms with van der Waals surface area (Å²) < 4.78 is 0. The number of hydrogen-bond acceptors (Lipinski definition) is 3. The van der Waals surface area contributed by atoms with Crippen molar-refractivity contribution in [2.75, 3.05) is 6.54 Å². The van der Waals surface area contributed by atoms with Crippen molar-refractivity contribution in [3.05, 3.63) is 35.4 Å². The van der Waals surface area contributed by atoms with Gasteiger partial charge >= 0.3 is 0 Å². The number of aliphatic hydroxyl groups is 1. The van der Waals surface area contributed by atoms with E-state index in [9.17, 15) is 9.90 Å². The van der Waals surface area contributed by atoms with Crippen molar-refractivity contribution in [1.29, 1.82) is 5.26 Å². The Morgan fingerprint density at radius 1 is 1.20 bits per heavy atom. The van der Waals surface area contributed by atoms with Gasteiger partial charge in [0.15, 0.2) is 0 Å². The Kier molecular flexibility index (Phi) is 4.75. The van der Waals surface area contributed by atoms with Crippen molar-refractivity contribution in [1.82, 2.24) is 5.32 Å². The molecule has 4 heteroatoms. The van der Waals surface area contributed by atoms with Gasteiger partial charge in [-0.05, 0) is 37.1 Å². The summed E-state index contributed by atoms with van der Waals surface area (Å²) in [6, 6.07) is 8.52. The molecule has 1 aromatic carbocycles. The van der Waals surface area contributed by atoms with Gasteiger partial charge in [0.25, 0.3) is 5.91 Å². The van der Waals surface area contributed by atoms with Crippen LogP contribution >= 0.6 is 0 Å². The summed E-state index contributed by atoms with van der Waals surface area (Å²) in [4.78, 5) is 12.0. The molecule has 2 rings (SSSR count). The molecular weight excluding hydrogens is 252 g/mol. The van der Waals surface area contributed by atoms with Crippen LogP contribution in [0.3, 0.4) is 0 Å². The smallest absolute Gasteiger partial charge is 0.251 e. The van der Waals surface area contributed by atoms with E-state index in [-0.39, 0.29) is 5.91 Å². The zero-order chi connectivity index (χ0) is 14.4. The van der Waals surface area contributed by atoms with Crippen LogP contribution in [0.1, 0.15) is 54.4 Å². The molecule has 20 heavy (non-hydrogen) atoms. The Balaban J connectivity index is 1.92. The van der Waals surface area contributed by atoms with Gasteiger partial charge in [0.1, 0.15) is 0 Å². The highest BCUT2D eigenvalue weighted by atomic mass is 16.3. The van der Waals surface area contributed by atoms with E-state index in [1.165, 1.54) is 0 Å². The van der Waals surface area contributed by atoms with E-state index < -0.39 is 5.60 Å². The van der Waals surface area contributed by atoms with Crippen LogP contribution in [0.4, 0.5) is 0 Å². The quantitative estimate of drug-likeness (QED) is 0.830. The normalized spacial score (nSPS) is 17.8. The molecule has 1 aliphatic rings. The maximum atomic E-state index is 12.0. The SMILES string of the molecule is N#Cc1ccc(C(=O)NCC2(O)CCCCCC2)cc1. The van der Waals surface area contributed by atoms with E-state index in [0.29, 0.717) is 17.7 Å². The third kappa shape index (κ3) is 3.82. The maximum Gasteiger partial charge on any atom is 0.251 e. The molecule has 1 amide bonds. The highest BCUT2D eigenvalue weighted by Crippen LogP contribution is 2.26. The lowest BCUT2D eigenvalue weighted by molar-refractivity contribution is 0.0246. The fourth-order valence-corrected chi connectivity index (χ4v) is 2.61. The lowest BCUT2D eigenvalue weighted by Crippen LogP contribution is -2.42. The van der Waals surface area contributed by atoms with Gasteiger partial charge in [-0.25, -0.2) is 0 Å². The van der Waals surface area contributed by atoms with Crippen molar-refractivity contribution in [2.24, 2.45) is 0 Å². The number of amides is 1. The molecule has 1 aliphatic carbocycles. The van der Waals surface area contributed by atoms with Crippen LogP contribution in [0.15, 0.2) is 24.3 Å². The molecule has 1 aromatic rings. The van der Waals surface area contributed by atoms with Gasteiger partial charge in [0.05, 0.1) is 17.2 Å². The molecule has 0 saturated heterocycles. The molecule has 0 aromatic heterocycles. The molecule has 1 saturated carbocycles. The lowest BCUT2D eigenvalue weighted by atomic mass is 9.94. The molecule has 106 valence electrons. The second kappa shape index (κ2) is 6.53. The zero-order valence-electron chi connectivity index (χ0n) is 11.6. The first kappa shape index (κ1) is 14.5. The summed E-state index contributed by atoms with van der Waals surface area (Å²) in [5, 5.41) is 22.0. The van der Waals surface area contributed by atoms with Crippen LogP contribution in [-0.2, 0) is 0 Å². The van der Waals surface area contributed by atoms with E-state index in [1.54, 1.807) is 24.3 Å². The van der Waals surface area contributed by atoms with Gasteiger partial charge < -0.3 is 10.4 Å². The second-order valence-corrected chi connectivity index (χ2v) is 5.51. The first-order chi connectivity index (χ1) is 9.63. The summed E-state index contributed by atoms with van der Waals surface area (Å²) in [7, 11) is 0. The Bertz CT molecular complexity index is 494. The first-order valence-electron chi connectivity index (χ1n) is 7.14. The summed E-state index contributed by atoms with van der Waals surface area (Å²) >= 11 is 0. The molecule has 0 radical (unpaired) electrons. The minimum atomic E-state index is -0.765. The summed E-state index contributed by atoms with van der Waals surface area (Å²) in [5.41, 5.74) is 0.281. The third-order valence-corrected chi connectivity index (χ3v) is 3.89. The average molecular weight is 272 g/mol. The molecule has 0 aliphatic heterocycles. The van der Waals surface area contributed by atoms with Crippen LogP contribution in [0.2, 0.25) is 0 Å². The molecule has 0 spiro atoms. The predicted octanol–water partition coefficient (Wildman–Crippen LogP) is 2.37. The molecule has 0 heterocycles. The molecule has 0 unspecified atom stereocenters. The van der Waals surface area contributed by atoms with Crippen LogP contribution < -0.4 is 5.32 Å². The average Bonchev–Trinajstić information content (AvgIpc) is 2.70. The second-order valence-electron chi connectivity index (χ2n) is 5.51. The van der Waals surface area contributed by atoms with E-state index in [2.05, 4.69) is 5.32 Å². The van der Waals surface area contributed by atoms with Gasteiger partial charge in [-0.3, -0.25) is 4.79 Å². The van der Waals surface area contributed by atoms with Crippen molar-refractivity contribution < 1.29 is 9.90 Å². The van der Waals surface area contributed by atoms with E-state index in [1.807, 2.05) is 6.07 Å². The fraction of sp³-hybridized carbons (Fsp3) is 0.500. The van der Waals surface area contributed by atoms with Crippen molar-refractivity contribution in [3.8, 4) is 6.07 Å². The zero-order valence-corrected chi connectivity index (χ0v) is 11.6. The predicted molar refractivity (Wildman–Crippen MR) is 76.1 cm³/mol. The van der Waals surface area contributed by atoms with Gasteiger partial charge in [0, 0.05) is 12.1 Å². The summed E-state index contributed by atoms with van der Waals surface area (Å²) in [6.45, 7) is 0.297. The van der Waals surface area contributed by atoms with Gasteiger partial charge in [-0.15, -0.1) is 0 Å². The van der Waals surface area contributed by atoms with Crippen LogP contribution in [-0.4, -0.2) is 23.2 Å². The molecule has 4 nitrogen and oxygen atoms in total. The minimum absolute atomic E-state index is 0.202. The first-order valence-corrected chi connectivity index (χ1v) is 7.14. The number of rotatable bonds is 3. The van der Waals surface area contributed by atoms with Gasteiger partial charge in [-0.1, -0.05) is 25.7 Å². The van der Waals surface area contributed by atoms with E-state index in [4.69, 9.17) is 5.26 Å². The highest BCUT2D eigenvalue weighted by Gasteiger charge is 2.28. The van der Waals surface area contributed by atoms with Crippen LogP contribution in [0, 0.1) is 11.3 Å². The molecule has 2 N–H and O–H groups in total. The maximum absolute atomic E-state index is 12.0. The van der Waals surface area contributed by atoms with E-state index in [0.717, 1.165) is 38.5 Å². The molecule has 1 fully saturated rings. The largest absolute Gasteiger partial charge is 0.388 e. The van der Waals surface area contributed by atoms with E-state index >= 15 is 0 Å². The number of hydrogen-bond donors (Lipinski definition) is 2.